The molecular formula is C16H25N3O. The number of hydrogen-bond donors (Lipinski definition) is 1. The molecule has 0 aliphatic heterocycles. The Kier molecular flexibility index (Phi) is 4.33. The molecule has 0 saturated heterocycles. The van der Waals surface area contributed by atoms with Crippen molar-refractivity contribution < 1.29 is 4.74 Å². The smallest absolute Gasteiger partial charge is 0.129 e. The van der Waals surface area contributed by atoms with Crippen LogP contribution in [0.3, 0.4) is 0 Å². The number of fused-ring (bicyclic) bond motifs is 1. The Bertz CT molecular complexity index is 587. The molecule has 0 amide bonds. The molecule has 4 heteroatoms. The van der Waals surface area contributed by atoms with E-state index in [1.54, 1.807) is 7.11 Å². The lowest BCUT2D eigenvalue weighted by molar-refractivity contribution is 0.400. The Balaban J connectivity index is 2.60. The van der Waals surface area contributed by atoms with Crippen molar-refractivity contribution in [2.75, 3.05) is 7.11 Å². The van der Waals surface area contributed by atoms with Crippen LogP contribution in [0.2, 0.25) is 0 Å². The van der Waals surface area contributed by atoms with Crippen LogP contribution in [0, 0.1) is 0 Å². The molecule has 0 aliphatic rings. The summed E-state index contributed by atoms with van der Waals surface area (Å²) < 4.78 is 7.54. The van der Waals surface area contributed by atoms with Gasteiger partial charge < -0.3 is 15.0 Å². The molecule has 0 saturated carbocycles. The van der Waals surface area contributed by atoms with Crippen molar-refractivity contribution in [1.29, 1.82) is 0 Å². The number of imidazole rings is 1. The highest BCUT2D eigenvalue weighted by Gasteiger charge is 2.27. The van der Waals surface area contributed by atoms with Crippen LogP contribution in [0.4, 0.5) is 0 Å². The first-order valence-electron chi connectivity index (χ1n) is 7.37. The van der Waals surface area contributed by atoms with Gasteiger partial charge in [0, 0.05) is 12.6 Å². The van der Waals surface area contributed by atoms with Crippen LogP contribution in [0.15, 0.2) is 18.2 Å². The molecular weight excluding hydrogens is 250 g/mol. The summed E-state index contributed by atoms with van der Waals surface area (Å²) in [5, 5.41) is 0. The molecule has 0 fully saturated rings. The van der Waals surface area contributed by atoms with Gasteiger partial charge in [0.2, 0.25) is 0 Å². The molecule has 1 aromatic heterocycles. The maximum absolute atomic E-state index is 6.50. The number of rotatable bonds is 6. The molecule has 0 spiro atoms. The molecule has 0 radical (unpaired) electrons. The van der Waals surface area contributed by atoms with Gasteiger partial charge in [-0.25, -0.2) is 4.98 Å². The van der Waals surface area contributed by atoms with E-state index in [1.807, 2.05) is 12.1 Å². The number of benzene rings is 1. The zero-order valence-corrected chi connectivity index (χ0v) is 12.9. The Morgan fingerprint density at radius 1 is 1.30 bits per heavy atom. The van der Waals surface area contributed by atoms with Crippen molar-refractivity contribution in [3.8, 4) is 5.75 Å². The van der Waals surface area contributed by atoms with E-state index in [4.69, 9.17) is 15.5 Å². The fourth-order valence-electron chi connectivity index (χ4n) is 2.75. The van der Waals surface area contributed by atoms with Crippen molar-refractivity contribution in [2.45, 2.75) is 52.1 Å². The van der Waals surface area contributed by atoms with Crippen molar-refractivity contribution in [3.63, 3.8) is 0 Å². The normalized spacial score (nSPS) is 14.4. The monoisotopic (exact) mass is 275 g/mol. The number of nitrogens with two attached hydrogens (primary N) is 1. The third-order valence-corrected chi connectivity index (χ3v) is 3.68. The number of methoxy groups -OCH3 is 1. The van der Waals surface area contributed by atoms with Crippen LogP contribution >= 0.6 is 0 Å². The zero-order chi connectivity index (χ0) is 14.8. The first-order chi connectivity index (χ1) is 9.53. The van der Waals surface area contributed by atoms with Gasteiger partial charge >= 0.3 is 0 Å². The van der Waals surface area contributed by atoms with E-state index in [0.29, 0.717) is 0 Å². The van der Waals surface area contributed by atoms with Gasteiger partial charge in [-0.2, -0.15) is 0 Å². The lowest BCUT2D eigenvalue weighted by Crippen LogP contribution is -2.36. The van der Waals surface area contributed by atoms with E-state index < -0.39 is 5.54 Å². The van der Waals surface area contributed by atoms with Crippen molar-refractivity contribution >= 4 is 11.0 Å². The average Bonchev–Trinajstić information content (AvgIpc) is 2.78. The highest BCUT2D eigenvalue weighted by molar-refractivity contribution is 5.78. The quantitative estimate of drug-likeness (QED) is 0.878. The van der Waals surface area contributed by atoms with E-state index in [-0.39, 0.29) is 0 Å². The number of ether oxygens (including phenoxy) is 1. The first-order valence-corrected chi connectivity index (χ1v) is 7.37. The van der Waals surface area contributed by atoms with Gasteiger partial charge in [0.25, 0.3) is 0 Å². The minimum absolute atomic E-state index is 0.393. The zero-order valence-electron chi connectivity index (χ0n) is 12.9. The first kappa shape index (κ1) is 14.9. The minimum atomic E-state index is -0.393. The summed E-state index contributed by atoms with van der Waals surface area (Å²) >= 11 is 0. The Morgan fingerprint density at radius 3 is 2.65 bits per heavy atom. The number of hydrogen-bond acceptors (Lipinski definition) is 3. The van der Waals surface area contributed by atoms with Gasteiger partial charge in [-0.05, 0) is 31.9 Å². The molecule has 0 bridgehead atoms. The van der Waals surface area contributed by atoms with Gasteiger partial charge in [0.15, 0.2) is 0 Å². The molecule has 2 N–H and O–H groups in total. The minimum Gasteiger partial charge on any atom is -0.497 e. The molecule has 1 unspecified atom stereocenters. The van der Waals surface area contributed by atoms with Gasteiger partial charge in [-0.1, -0.05) is 20.3 Å². The molecule has 2 rings (SSSR count). The number of aromatic nitrogens is 2. The predicted octanol–water partition coefficient (Wildman–Crippen LogP) is 3.43. The second-order valence-electron chi connectivity index (χ2n) is 5.61. The van der Waals surface area contributed by atoms with Crippen LogP contribution in [0.25, 0.3) is 11.0 Å². The summed E-state index contributed by atoms with van der Waals surface area (Å²) in [5.41, 5.74) is 8.20. The molecule has 2 aromatic rings. The molecule has 4 nitrogen and oxygen atoms in total. The lowest BCUT2D eigenvalue weighted by atomic mass is 9.96. The predicted molar refractivity (Wildman–Crippen MR) is 83.0 cm³/mol. The summed E-state index contributed by atoms with van der Waals surface area (Å²) in [5.74, 6) is 1.81. The SMILES string of the molecule is CCCn1c(C(C)(N)CCC)nc2cc(OC)ccc21. The van der Waals surface area contributed by atoms with Gasteiger partial charge in [-0.15, -0.1) is 0 Å². The number of aryl methyl sites for hydroxylation is 1. The average molecular weight is 275 g/mol. The standard InChI is InChI=1S/C16H25N3O/c1-5-9-16(3,17)15-18-13-11-12(20-4)7-8-14(13)19(15)10-6-2/h7-8,11H,5-6,9-10,17H2,1-4H3. The largest absolute Gasteiger partial charge is 0.497 e. The molecule has 20 heavy (non-hydrogen) atoms. The van der Waals surface area contributed by atoms with E-state index in [2.05, 4.69) is 31.4 Å². The lowest BCUT2D eigenvalue weighted by Gasteiger charge is -2.24. The second kappa shape index (κ2) is 5.83. The maximum Gasteiger partial charge on any atom is 0.129 e. The van der Waals surface area contributed by atoms with E-state index in [9.17, 15) is 0 Å². The Labute approximate surface area is 120 Å². The topological polar surface area (TPSA) is 53.1 Å². The molecule has 1 atom stereocenters. The third-order valence-electron chi connectivity index (χ3n) is 3.68. The summed E-state index contributed by atoms with van der Waals surface area (Å²) in [7, 11) is 1.68. The Hall–Kier alpha value is -1.55. The molecule has 110 valence electrons. The number of nitrogens with zero attached hydrogens (tertiary/aromatic N) is 2. The highest BCUT2D eigenvalue weighted by atomic mass is 16.5. The van der Waals surface area contributed by atoms with Crippen LogP contribution in [-0.4, -0.2) is 16.7 Å². The van der Waals surface area contributed by atoms with Crippen molar-refractivity contribution in [1.82, 2.24) is 9.55 Å². The summed E-state index contributed by atoms with van der Waals surface area (Å²) in [4.78, 5) is 4.79. The molecule has 0 aliphatic carbocycles. The Morgan fingerprint density at radius 2 is 2.05 bits per heavy atom. The summed E-state index contributed by atoms with van der Waals surface area (Å²) in [6.45, 7) is 7.34. The summed E-state index contributed by atoms with van der Waals surface area (Å²) in [6.07, 6.45) is 3.04. The fourth-order valence-corrected chi connectivity index (χ4v) is 2.75. The van der Waals surface area contributed by atoms with Crippen molar-refractivity contribution in [2.24, 2.45) is 5.73 Å². The maximum atomic E-state index is 6.50. The van der Waals surface area contributed by atoms with E-state index in [1.165, 1.54) is 0 Å². The van der Waals surface area contributed by atoms with Crippen molar-refractivity contribution in [3.05, 3.63) is 24.0 Å². The van der Waals surface area contributed by atoms with Gasteiger partial charge in [-0.3, -0.25) is 0 Å². The van der Waals surface area contributed by atoms with Crippen LogP contribution in [0.1, 0.15) is 45.9 Å². The fraction of sp³-hybridized carbons (Fsp3) is 0.562. The highest BCUT2D eigenvalue weighted by Crippen LogP contribution is 2.29. The van der Waals surface area contributed by atoms with Gasteiger partial charge in [0.05, 0.1) is 23.7 Å². The van der Waals surface area contributed by atoms with Crippen LogP contribution in [0.5, 0.6) is 5.75 Å². The third kappa shape index (κ3) is 2.66. The summed E-state index contributed by atoms with van der Waals surface area (Å²) in [6, 6.07) is 6.03. The molecule has 1 heterocycles. The second-order valence-corrected chi connectivity index (χ2v) is 5.61. The molecule has 1 aromatic carbocycles. The van der Waals surface area contributed by atoms with Crippen LogP contribution in [-0.2, 0) is 12.1 Å². The van der Waals surface area contributed by atoms with Gasteiger partial charge in [0.1, 0.15) is 11.6 Å². The van der Waals surface area contributed by atoms with Crippen LogP contribution < -0.4 is 10.5 Å². The van der Waals surface area contributed by atoms with E-state index >= 15 is 0 Å². The van der Waals surface area contributed by atoms with E-state index in [0.717, 1.165) is 48.4 Å².